The molecule has 1 rings (SSSR count). The lowest BCUT2D eigenvalue weighted by Crippen LogP contribution is -2.08. The molecule has 1 aromatic carbocycles. The van der Waals surface area contributed by atoms with Crippen molar-refractivity contribution in [3.63, 3.8) is 0 Å². The van der Waals surface area contributed by atoms with E-state index in [4.69, 9.17) is 5.73 Å². The Morgan fingerprint density at radius 2 is 2.07 bits per heavy atom. The van der Waals surface area contributed by atoms with Gasteiger partial charge in [0.25, 0.3) is 0 Å². The van der Waals surface area contributed by atoms with Gasteiger partial charge in [-0.1, -0.05) is 12.1 Å². The maximum atomic E-state index is 11.3. The lowest BCUT2D eigenvalue weighted by atomic mass is 10.0. The molecular formula is C11H16ClNO2. The Hall–Kier alpha value is -1.06. The second-order valence-electron chi connectivity index (χ2n) is 3.35. The second-order valence-corrected chi connectivity index (χ2v) is 3.35. The highest BCUT2D eigenvalue weighted by atomic mass is 35.5. The van der Waals surface area contributed by atoms with Crippen LogP contribution in [0.3, 0.4) is 0 Å². The molecule has 0 heterocycles. The van der Waals surface area contributed by atoms with Crippen molar-refractivity contribution in [3.05, 3.63) is 34.9 Å². The van der Waals surface area contributed by atoms with Crippen molar-refractivity contribution < 1.29 is 9.53 Å². The zero-order valence-corrected chi connectivity index (χ0v) is 9.93. The van der Waals surface area contributed by atoms with Crippen LogP contribution in [-0.2, 0) is 4.74 Å². The quantitative estimate of drug-likeness (QED) is 0.792. The third-order valence-corrected chi connectivity index (χ3v) is 2.18. The van der Waals surface area contributed by atoms with Crippen LogP contribution < -0.4 is 5.73 Å². The Labute approximate surface area is 96.0 Å². The molecule has 0 radical (unpaired) electrons. The number of esters is 1. The van der Waals surface area contributed by atoms with Crippen molar-refractivity contribution in [1.82, 2.24) is 0 Å². The van der Waals surface area contributed by atoms with Gasteiger partial charge in [0, 0.05) is 6.04 Å². The van der Waals surface area contributed by atoms with Gasteiger partial charge < -0.3 is 10.5 Å². The summed E-state index contributed by atoms with van der Waals surface area (Å²) in [5.41, 5.74) is 8.24. The fraction of sp³-hybridized carbons (Fsp3) is 0.364. The van der Waals surface area contributed by atoms with Gasteiger partial charge in [-0.15, -0.1) is 12.4 Å². The molecule has 84 valence electrons. The van der Waals surface area contributed by atoms with E-state index < -0.39 is 0 Å². The maximum absolute atomic E-state index is 11.3. The van der Waals surface area contributed by atoms with Crippen LogP contribution in [0.1, 0.15) is 34.5 Å². The van der Waals surface area contributed by atoms with E-state index in [9.17, 15) is 4.79 Å². The van der Waals surface area contributed by atoms with Gasteiger partial charge in [0.1, 0.15) is 0 Å². The first kappa shape index (κ1) is 13.9. The molecule has 0 amide bonds. The van der Waals surface area contributed by atoms with Crippen LogP contribution >= 0.6 is 12.4 Å². The molecule has 0 aliphatic rings. The number of methoxy groups -OCH3 is 1. The van der Waals surface area contributed by atoms with E-state index in [1.807, 2.05) is 26.0 Å². The average Bonchev–Trinajstić information content (AvgIpc) is 2.16. The number of nitrogens with two attached hydrogens (primary N) is 1. The van der Waals surface area contributed by atoms with Crippen LogP contribution in [0.4, 0.5) is 0 Å². The predicted molar refractivity (Wildman–Crippen MR) is 62.4 cm³/mol. The van der Waals surface area contributed by atoms with Crippen LogP contribution in [0, 0.1) is 6.92 Å². The van der Waals surface area contributed by atoms with Crippen LogP contribution in [0.15, 0.2) is 18.2 Å². The summed E-state index contributed by atoms with van der Waals surface area (Å²) in [6.45, 7) is 3.78. The highest BCUT2D eigenvalue weighted by Gasteiger charge is 2.10. The Kier molecular flexibility index (Phi) is 5.33. The monoisotopic (exact) mass is 229 g/mol. The van der Waals surface area contributed by atoms with Crippen LogP contribution in [-0.4, -0.2) is 13.1 Å². The van der Waals surface area contributed by atoms with Gasteiger partial charge in [0.05, 0.1) is 12.7 Å². The van der Waals surface area contributed by atoms with Gasteiger partial charge in [-0.2, -0.15) is 0 Å². The number of ether oxygens (including phenoxy) is 1. The van der Waals surface area contributed by atoms with E-state index in [1.165, 1.54) is 7.11 Å². The number of rotatable bonds is 2. The molecule has 0 aromatic heterocycles. The van der Waals surface area contributed by atoms with Gasteiger partial charge in [-0.05, 0) is 31.0 Å². The first-order valence-electron chi connectivity index (χ1n) is 4.50. The fourth-order valence-electron chi connectivity index (χ4n) is 1.31. The highest BCUT2D eigenvalue weighted by Crippen LogP contribution is 2.16. The zero-order chi connectivity index (χ0) is 10.7. The Balaban J connectivity index is 0.00000196. The van der Waals surface area contributed by atoms with Gasteiger partial charge in [-0.25, -0.2) is 4.79 Å². The molecular weight excluding hydrogens is 214 g/mol. The molecule has 0 bridgehead atoms. The minimum absolute atomic E-state index is 0. The minimum atomic E-state index is -0.307. The molecule has 4 heteroatoms. The molecule has 2 N–H and O–H groups in total. The van der Waals surface area contributed by atoms with Crippen molar-refractivity contribution >= 4 is 18.4 Å². The van der Waals surface area contributed by atoms with Gasteiger partial charge in [0.2, 0.25) is 0 Å². The highest BCUT2D eigenvalue weighted by molar-refractivity contribution is 5.91. The maximum Gasteiger partial charge on any atom is 0.338 e. The van der Waals surface area contributed by atoms with Crippen molar-refractivity contribution in [2.24, 2.45) is 5.73 Å². The van der Waals surface area contributed by atoms with Crippen molar-refractivity contribution in [3.8, 4) is 0 Å². The van der Waals surface area contributed by atoms with Gasteiger partial charge in [-0.3, -0.25) is 0 Å². The van der Waals surface area contributed by atoms with E-state index in [2.05, 4.69) is 4.74 Å². The molecule has 0 unspecified atom stereocenters. The zero-order valence-electron chi connectivity index (χ0n) is 9.11. The molecule has 3 nitrogen and oxygen atoms in total. The van der Waals surface area contributed by atoms with E-state index in [1.54, 1.807) is 6.07 Å². The number of hydrogen-bond donors (Lipinski definition) is 1. The summed E-state index contributed by atoms with van der Waals surface area (Å²) in [5, 5.41) is 0. The summed E-state index contributed by atoms with van der Waals surface area (Å²) in [7, 11) is 1.38. The van der Waals surface area contributed by atoms with Crippen molar-refractivity contribution in [1.29, 1.82) is 0 Å². The third-order valence-electron chi connectivity index (χ3n) is 2.18. The largest absolute Gasteiger partial charge is 0.465 e. The summed E-state index contributed by atoms with van der Waals surface area (Å²) >= 11 is 0. The molecule has 0 spiro atoms. The van der Waals surface area contributed by atoms with Gasteiger partial charge >= 0.3 is 5.97 Å². The molecule has 0 aliphatic carbocycles. The summed E-state index contributed by atoms with van der Waals surface area (Å²) in [5.74, 6) is -0.307. The van der Waals surface area contributed by atoms with Crippen LogP contribution in [0.25, 0.3) is 0 Å². The Bertz CT molecular complexity index is 350. The number of aryl methyl sites for hydroxylation is 1. The van der Waals surface area contributed by atoms with E-state index in [0.717, 1.165) is 11.1 Å². The number of carbonyl (C=O) groups is 1. The van der Waals surface area contributed by atoms with E-state index >= 15 is 0 Å². The summed E-state index contributed by atoms with van der Waals surface area (Å²) in [6, 6.07) is 5.50. The van der Waals surface area contributed by atoms with Crippen LogP contribution in [0.2, 0.25) is 0 Å². The average molecular weight is 230 g/mol. The molecule has 0 saturated heterocycles. The molecule has 0 saturated carbocycles. The molecule has 0 fully saturated rings. The standard InChI is InChI=1S/C11H15NO2.ClH/c1-7-6-9(8(2)12)4-5-10(7)11(13)14-3;/h4-6,8H,12H2,1-3H3;1H/t8-;/m0./s1. The predicted octanol–water partition coefficient (Wildman–Crippen LogP) is 2.22. The summed E-state index contributed by atoms with van der Waals surface area (Å²) in [4.78, 5) is 11.3. The first-order chi connectivity index (χ1) is 6.56. The second kappa shape index (κ2) is 5.73. The third kappa shape index (κ3) is 3.22. The first-order valence-corrected chi connectivity index (χ1v) is 4.50. The van der Waals surface area contributed by atoms with Crippen LogP contribution in [0.5, 0.6) is 0 Å². The van der Waals surface area contributed by atoms with Crippen molar-refractivity contribution in [2.45, 2.75) is 19.9 Å². The lowest BCUT2D eigenvalue weighted by Gasteiger charge is -2.09. The lowest BCUT2D eigenvalue weighted by molar-refractivity contribution is 0.0600. The van der Waals surface area contributed by atoms with E-state index in [0.29, 0.717) is 5.56 Å². The molecule has 1 aromatic rings. The Morgan fingerprint density at radius 3 is 2.47 bits per heavy atom. The number of carbonyl (C=O) groups excluding carboxylic acids is 1. The smallest absolute Gasteiger partial charge is 0.338 e. The normalized spacial score (nSPS) is 11.5. The van der Waals surface area contributed by atoms with Crippen molar-refractivity contribution in [2.75, 3.05) is 7.11 Å². The number of halogens is 1. The topological polar surface area (TPSA) is 52.3 Å². The molecule has 0 aliphatic heterocycles. The molecule has 15 heavy (non-hydrogen) atoms. The Morgan fingerprint density at radius 1 is 1.47 bits per heavy atom. The number of benzene rings is 1. The fourth-order valence-corrected chi connectivity index (χ4v) is 1.31. The summed E-state index contributed by atoms with van der Waals surface area (Å²) < 4.78 is 4.65. The van der Waals surface area contributed by atoms with Gasteiger partial charge in [0.15, 0.2) is 0 Å². The SMILES string of the molecule is COC(=O)c1ccc([C@H](C)N)cc1C.Cl. The number of hydrogen-bond acceptors (Lipinski definition) is 3. The van der Waals surface area contributed by atoms with E-state index in [-0.39, 0.29) is 24.4 Å². The minimum Gasteiger partial charge on any atom is -0.465 e. The summed E-state index contributed by atoms with van der Waals surface area (Å²) in [6.07, 6.45) is 0. The molecule has 1 atom stereocenters.